The van der Waals surface area contributed by atoms with Crippen LogP contribution in [0.1, 0.15) is 13.3 Å². The average Bonchev–Trinajstić information content (AvgIpc) is 3.02. The molecule has 0 saturated carbocycles. The Labute approximate surface area is 154 Å². The van der Waals surface area contributed by atoms with Crippen molar-refractivity contribution >= 4 is 7.74 Å². The van der Waals surface area contributed by atoms with Crippen molar-refractivity contribution in [3.8, 4) is 0 Å². The first-order chi connectivity index (χ1) is 12.6. The van der Waals surface area contributed by atoms with E-state index in [4.69, 9.17) is 0 Å². The van der Waals surface area contributed by atoms with E-state index in [2.05, 4.69) is 0 Å². The minimum absolute atomic E-state index is 0.0187. The van der Waals surface area contributed by atoms with E-state index in [-0.39, 0.29) is 22.4 Å². The van der Waals surface area contributed by atoms with Gasteiger partial charge in [0.1, 0.15) is 0 Å². The Bertz CT molecular complexity index is 893. The number of halogens is 8. The van der Waals surface area contributed by atoms with Gasteiger partial charge in [-0.1, -0.05) is 0 Å². The predicted octanol–water partition coefficient (Wildman–Crippen LogP) is 4.60. The second kappa shape index (κ2) is 7.24. The molecule has 2 aromatic carbocycles. The van der Waals surface area contributed by atoms with Crippen LogP contribution in [-0.2, 0) is 17.9 Å². The monoisotopic (exact) mass is 425 g/mol. The summed E-state index contributed by atoms with van der Waals surface area (Å²) in [6.07, 6.45) is 2.98. The molecule has 0 fully saturated rings. The van der Waals surface area contributed by atoms with Crippen LogP contribution in [0, 0.1) is 46.5 Å². The van der Waals surface area contributed by atoms with Crippen molar-refractivity contribution in [2.75, 3.05) is 0 Å². The molecule has 2 aromatic rings. The molecule has 0 aliphatic heterocycles. The topological polar surface area (TPSA) is 0 Å². The molecule has 0 amide bonds. The molecule has 9 heteroatoms. The Kier molecular flexibility index (Phi) is 5.32. The zero-order chi connectivity index (χ0) is 20.0. The van der Waals surface area contributed by atoms with Gasteiger partial charge in [0, 0.05) is 0 Å². The fourth-order valence-corrected chi connectivity index (χ4v) is 7.62. The minimum atomic E-state index is -4.34. The second-order valence-electron chi connectivity index (χ2n) is 5.83. The Morgan fingerprint density at radius 1 is 0.667 bits per heavy atom. The van der Waals surface area contributed by atoms with Crippen molar-refractivity contribution < 1.29 is 53.0 Å². The zero-order valence-electron chi connectivity index (χ0n) is 13.5. The maximum absolute atomic E-state index is 14.4. The fraction of sp³-hybridized carbons (Fsp3) is 0.111. The molecule has 0 bridgehead atoms. The zero-order valence-corrected chi connectivity index (χ0v) is 15.1. The van der Waals surface area contributed by atoms with Crippen molar-refractivity contribution in [1.82, 2.24) is 0 Å². The van der Waals surface area contributed by atoms with Crippen LogP contribution in [0.5, 0.6) is 0 Å². The molecule has 0 radical (unpaired) electrons. The van der Waals surface area contributed by atoms with Gasteiger partial charge in [-0.25, -0.2) is 0 Å². The summed E-state index contributed by atoms with van der Waals surface area (Å²) in [7, 11) is 0. The molecule has 0 spiro atoms. The van der Waals surface area contributed by atoms with E-state index in [0.717, 1.165) is 0 Å². The van der Waals surface area contributed by atoms with E-state index >= 15 is 0 Å². The van der Waals surface area contributed by atoms with Gasteiger partial charge in [0.25, 0.3) is 0 Å². The molecule has 0 unspecified atom stereocenters. The van der Waals surface area contributed by atoms with Gasteiger partial charge in [0.15, 0.2) is 0 Å². The van der Waals surface area contributed by atoms with E-state index in [0.29, 0.717) is 5.57 Å². The van der Waals surface area contributed by atoms with Crippen molar-refractivity contribution in [2.45, 2.75) is 13.3 Å². The van der Waals surface area contributed by atoms with E-state index in [1.807, 2.05) is 0 Å². The SMILES string of the molecule is CC1=[C]([Ti]([c]2c(F)c(F)cc(F)c2F)[c]2c(F)c(F)cc(F)c2F)CC=C1. The standard InChI is InChI=1S/2C6HF4.C6H7.Ti/c2*7-3-1-4(8)6(10)2-5(3)9;1-6-4-2-3-5-6;/h2*1H;2,4H,3H2,1H3;. The summed E-state index contributed by atoms with van der Waals surface area (Å²) in [5.41, 5.74) is 0.358. The molecular weight excluding hydrogens is 416 g/mol. The third-order valence-corrected chi connectivity index (χ3v) is 9.00. The van der Waals surface area contributed by atoms with Crippen LogP contribution in [0.15, 0.2) is 33.7 Å². The van der Waals surface area contributed by atoms with E-state index in [9.17, 15) is 35.1 Å². The Balaban J connectivity index is 2.44. The summed E-state index contributed by atoms with van der Waals surface area (Å²) < 4.78 is 110. The third kappa shape index (κ3) is 3.25. The van der Waals surface area contributed by atoms with Crippen LogP contribution < -0.4 is 7.74 Å². The molecule has 27 heavy (non-hydrogen) atoms. The van der Waals surface area contributed by atoms with Gasteiger partial charge in [-0.3, -0.25) is 0 Å². The summed E-state index contributed by atoms with van der Waals surface area (Å²) in [4.78, 5) is 0. The van der Waals surface area contributed by atoms with Gasteiger partial charge in [0.2, 0.25) is 0 Å². The summed E-state index contributed by atoms with van der Waals surface area (Å²) in [6.45, 7) is 1.46. The maximum atomic E-state index is 14.4. The first-order valence-electron chi connectivity index (χ1n) is 7.55. The van der Waals surface area contributed by atoms with E-state index in [1.165, 1.54) is 19.1 Å². The van der Waals surface area contributed by atoms with Crippen LogP contribution in [0.2, 0.25) is 0 Å². The predicted molar refractivity (Wildman–Crippen MR) is 78.3 cm³/mol. The van der Waals surface area contributed by atoms with Crippen LogP contribution >= 0.6 is 0 Å². The third-order valence-electron chi connectivity index (χ3n) is 4.19. The van der Waals surface area contributed by atoms with Crippen molar-refractivity contribution in [3.63, 3.8) is 0 Å². The van der Waals surface area contributed by atoms with Crippen LogP contribution in [0.4, 0.5) is 35.1 Å². The van der Waals surface area contributed by atoms with Gasteiger partial charge in [0.05, 0.1) is 0 Å². The van der Waals surface area contributed by atoms with Gasteiger partial charge in [-0.15, -0.1) is 0 Å². The number of rotatable bonds is 3. The number of hydrogen-bond donors (Lipinski definition) is 0. The molecule has 0 heterocycles. The molecule has 3 rings (SSSR count). The molecule has 0 nitrogen and oxygen atoms in total. The van der Waals surface area contributed by atoms with Gasteiger partial charge < -0.3 is 0 Å². The first-order valence-corrected chi connectivity index (χ1v) is 9.89. The fourth-order valence-electron chi connectivity index (χ4n) is 2.93. The molecule has 141 valence electrons. The first kappa shape index (κ1) is 19.8. The second-order valence-corrected chi connectivity index (χ2v) is 9.50. The molecule has 1 aliphatic carbocycles. The Morgan fingerprint density at radius 3 is 1.33 bits per heavy atom. The summed E-state index contributed by atoms with van der Waals surface area (Å²) in [5.74, 6) is -14.4. The van der Waals surface area contributed by atoms with Crippen LogP contribution in [0.3, 0.4) is 0 Å². The van der Waals surface area contributed by atoms with Crippen molar-refractivity contribution in [3.05, 3.63) is 80.3 Å². The summed E-state index contributed by atoms with van der Waals surface area (Å²) >= 11 is -4.34. The van der Waals surface area contributed by atoms with Crippen LogP contribution in [0.25, 0.3) is 0 Å². The number of hydrogen-bond acceptors (Lipinski definition) is 0. The number of allylic oxidation sites excluding steroid dienone is 4. The number of benzene rings is 2. The van der Waals surface area contributed by atoms with E-state index < -0.39 is 72.1 Å². The van der Waals surface area contributed by atoms with Crippen molar-refractivity contribution in [1.29, 1.82) is 0 Å². The Hall–Kier alpha value is -1.93. The molecule has 0 N–H and O–H groups in total. The van der Waals surface area contributed by atoms with Crippen LogP contribution in [-0.4, -0.2) is 0 Å². The molecule has 0 aromatic heterocycles. The van der Waals surface area contributed by atoms with Gasteiger partial charge >= 0.3 is 154 Å². The summed E-state index contributed by atoms with van der Waals surface area (Å²) in [5, 5.41) is 0. The van der Waals surface area contributed by atoms with Gasteiger partial charge in [-0.2, -0.15) is 0 Å². The van der Waals surface area contributed by atoms with Gasteiger partial charge in [-0.05, 0) is 0 Å². The molecule has 1 aliphatic rings. The molecule has 0 atom stereocenters. The van der Waals surface area contributed by atoms with E-state index in [1.54, 1.807) is 0 Å². The quantitative estimate of drug-likeness (QED) is 0.383. The summed E-state index contributed by atoms with van der Waals surface area (Å²) in [6, 6.07) is -0.0891. The molecular formula is C18H9F8Ti. The average molecular weight is 425 g/mol. The Morgan fingerprint density at radius 2 is 1.04 bits per heavy atom. The van der Waals surface area contributed by atoms with Crippen molar-refractivity contribution in [2.24, 2.45) is 0 Å². The molecule has 0 saturated heterocycles. The normalized spacial score (nSPS) is 13.7.